The Morgan fingerprint density at radius 3 is 2.45 bits per heavy atom. The quantitative estimate of drug-likeness (QED) is 0.429. The maximum Gasteiger partial charge on any atom is 0.129 e. The maximum atomic E-state index is 13.8. The lowest BCUT2D eigenvalue weighted by Gasteiger charge is -2.13. The van der Waals surface area contributed by atoms with E-state index in [1.165, 1.54) is 11.6 Å². The molecule has 6 heteroatoms. The summed E-state index contributed by atoms with van der Waals surface area (Å²) >= 11 is 6.14. The summed E-state index contributed by atoms with van der Waals surface area (Å²) in [6.07, 6.45) is 0.899. The molecule has 3 aromatic carbocycles. The van der Waals surface area contributed by atoms with Crippen molar-refractivity contribution >= 4 is 24.0 Å². The van der Waals surface area contributed by atoms with Gasteiger partial charge in [0.25, 0.3) is 0 Å². The fourth-order valence-electron chi connectivity index (χ4n) is 2.85. The first-order valence-electron chi connectivity index (χ1n) is 9.14. The first-order valence-corrected chi connectivity index (χ1v) is 9.52. The molecule has 0 bridgehead atoms. The van der Waals surface area contributed by atoms with Gasteiger partial charge >= 0.3 is 0 Å². The van der Waals surface area contributed by atoms with Crippen molar-refractivity contribution in [2.45, 2.75) is 19.6 Å². The van der Waals surface area contributed by atoms with E-state index in [0.29, 0.717) is 22.9 Å². The van der Waals surface area contributed by atoms with Crippen LogP contribution in [-0.4, -0.2) is 13.7 Å². The van der Waals surface area contributed by atoms with Gasteiger partial charge in [0, 0.05) is 22.7 Å². The summed E-state index contributed by atoms with van der Waals surface area (Å²) in [5.74, 6) is 1.28. The summed E-state index contributed by atoms with van der Waals surface area (Å²) in [5.41, 5.74) is 2.70. The van der Waals surface area contributed by atoms with Gasteiger partial charge in [0.2, 0.25) is 0 Å². The lowest BCUT2D eigenvalue weighted by molar-refractivity contribution is 0.296. The van der Waals surface area contributed by atoms with E-state index < -0.39 is 0 Å². The van der Waals surface area contributed by atoms with Gasteiger partial charge < -0.3 is 14.8 Å². The number of benzene rings is 3. The number of nitrogens with one attached hydrogen (secondary N) is 1. The van der Waals surface area contributed by atoms with Crippen LogP contribution in [0.2, 0.25) is 5.02 Å². The second-order valence-corrected chi connectivity index (χ2v) is 6.84. The number of hydrogen-bond donors (Lipinski definition) is 1. The minimum atomic E-state index is -0.268. The second kappa shape index (κ2) is 11.7. The molecule has 0 amide bonds. The van der Waals surface area contributed by atoms with Gasteiger partial charge in [-0.2, -0.15) is 0 Å². The van der Waals surface area contributed by atoms with Crippen LogP contribution in [0.3, 0.4) is 0 Å². The first-order chi connectivity index (χ1) is 13.7. The summed E-state index contributed by atoms with van der Waals surface area (Å²) in [5, 5.41) is 4.06. The summed E-state index contributed by atoms with van der Waals surface area (Å²) in [6, 6.07) is 20.1. The number of halogens is 3. The fourth-order valence-corrected chi connectivity index (χ4v) is 3.04. The van der Waals surface area contributed by atoms with Crippen LogP contribution in [0.5, 0.6) is 11.5 Å². The lowest BCUT2D eigenvalue weighted by atomic mass is 10.1. The Kier molecular flexibility index (Phi) is 9.26. The molecule has 0 aliphatic rings. The van der Waals surface area contributed by atoms with Gasteiger partial charge in [0.15, 0.2) is 0 Å². The Bertz CT molecular complexity index is 904. The third kappa shape index (κ3) is 6.93. The Labute approximate surface area is 182 Å². The maximum absolute atomic E-state index is 13.8. The molecule has 0 fully saturated rings. The Balaban J connectivity index is 0.00000300. The van der Waals surface area contributed by atoms with Crippen molar-refractivity contribution in [1.82, 2.24) is 5.32 Å². The molecular formula is C23H24Cl2FNO2. The summed E-state index contributed by atoms with van der Waals surface area (Å²) in [4.78, 5) is 0. The SMILES string of the molecule is COc1ccc(CCNCc2cc(Cl)ccc2OCc2ccccc2F)cc1.Cl. The van der Waals surface area contributed by atoms with E-state index in [1.807, 2.05) is 24.3 Å². The topological polar surface area (TPSA) is 30.5 Å². The highest BCUT2D eigenvalue weighted by Gasteiger charge is 2.07. The molecule has 0 aliphatic heterocycles. The van der Waals surface area contributed by atoms with E-state index in [4.69, 9.17) is 21.1 Å². The van der Waals surface area contributed by atoms with E-state index >= 15 is 0 Å². The van der Waals surface area contributed by atoms with Crippen molar-refractivity contribution in [1.29, 1.82) is 0 Å². The van der Waals surface area contributed by atoms with Crippen LogP contribution in [0.15, 0.2) is 66.7 Å². The van der Waals surface area contributed by atoms with Crippen LogP contribution >= 0.6 is 24.0 Å². The van der Waals surface area contributed by atoms with E-state index in [1.54, 1.807) is 31.4 Å². The highest BCUT2D eigenvalue weighted by molar-refractivity contribution is 6.30. The molecule has 1 N–H and O–H groups in total. The smallest absolute Gasteiger partial charge is 0.129 e. The number of rotatable bonds is 9. The van der Waals surface area contributed by atoms with E-state index in [9.17, 15) is 4.39 Å². The average molecular weight is 436 g/mol. The highest BCUT2D eigenvalue weighted by atomic mass is 35.5. The zero-order valence-electron chi connectivity index (χ0n) is 16.2. The largest absolute Gasteiger partial charge is 0.497 e. The van der Waals surface area contributed by atoms with E-state index in [-0.39, 0.29) is 24.8 Å². The van der Waals surface area contributed by atoms with E-state index in [0.717, 1.165) is 24.3 Å². The van der Waals surface area contributed by atoms with Gasteiger partial charge in [-0.05, 0) is 54.9 Å². The molecule has 29 heavy (non-hydrogen) atoms. The fraction of sp³-hybridized carbons (Fsp3) is 0.217. The van der Waals surface area contributed by atoms with Gasteiger partial charge in [-0.1, -0.05) is 41.9 Å². The minimum Gasteiger partial charge on any atom is -0.497 e. The van der Waals surface area contributed by atoms with Crippen molar-refractivity contribution in [3.63, 3.8) is 0 Å². The van der Waals surface area contributed by atoms with Crippen LogP contribution in [0, 0.1) is 5.82 Å². The molecule has 0 aromatic heterocycles. The Hall–Kier alpha value is -2.27. The van der Waals surface area contributed by atoms with Gasteiger partial charge in [-0.3, -0.25) is 0 Å². The van der Waals surface area contributed by atoms with Crippen molar-refractivity contribution < 1.29 is 13.9 Å². The number of methoxy groups -OCH3 is 1. The minimum absolute atomic E-state index is 0. The second-order valence-electron chi connectivity index (χ2n) is 6.41. The normalized spacial score (nSPS) is 10.3. The Morgan fingerprint density at radius 1 is 0.966 bits per heavy atom. The van der Waals surface area contributed by atoms with Crippen molar-refractivity contribution in [3.05, 3.63) is 94.3 Å². The van der Waals surface area contributed by atoms with Gasteiger partial charge in [0.05, 0.1) is 7.11 Å². The molecule has 0 saturated carbocycles. The van der Waals surface area contributed by atoms with Crippen LogP contribution < -0.4 is 14.8 Å². The summed E-state index contributed by atoms with van der Waals surface area (Å²) in [6.45, 7) is 1.60. The molecule has 0 unspecified atom stereocenters. The van der Waals surface area contributed by atoms with Crippen molar-refractivity contribution in [3.8, 4) is 11.5 Å². The van der Waals surface area contributed by atoms with E-state index in [2.05, 4.69) is 17.4 Å². The third-order valence-electron chi connectivity index (χ3n) is 4.43. The van der Waals surface area contributed by atoms with Gasteiger partial charge in [-0.25, -0.2) is 4.39 Å². The summed E-state index contributed by atoms with van der Waals surface area (Å²) in [7, 11) is 1.66. The van der Waals surface area contributed by atoms with Crippen LogP contribution in [0.1, 0.15) is 16.7 Å². The van der Waals surface area contributed by atoms with Gasteiger partial charge in [0.1, 0.15) is 23.9 Å². The molecule has 0 aliphatic carbocycles. The molecule has 3 nitrogen and oxygen atoms in total. The molecule has 3 rings (SSSR count). The predicted molar refractivity (Wildman–Crippen MR) is 118 cm³/mol. The zero-order chi connectivity index (χ0) is 19.8. The molecular weight excluding hydrogens is 412 g/mol. The Morgan fingerprint density at radius 2 is 1.72 bits per heavy atom. The molecule has 154 valence electrons. The standard InChI is InChI=1S/C23H23ClFNO2.ClH/c1-27-21-9-6-17(7-10-21)12-13-26-15-19-14-20(24)8-11-23(19)28-16-18-4-2-3-5-22(18)25;/h2-11,14,26H,12-13,15-16H2,1H3;1H. The predicted octanol–water partition coefficient (Wildman–Crippen LogP) is 5.82. The number of ether oxygens (including phenoxy) is 2. The lowest BCUT2D eigenvalue weighted by Crippen LogP contribution is -2.17. The molecule has 3 aromatic rings. The highest BCUT2D eigenvalue weighted by Crippen LogP contribution is 2.24. The van der Waals surface area contributed by atoms with Crippen LogP contribution in [-0.2, 0) is 19.6 Å². The van der Waals surface area contributed by atoms with Crippen LogP contribution in [0.4, 0.5) is 4.39 Å². The van der Waals surface area contributed by atoms with Crippen LogP contribution in [0.25, 0.3) is 0 Å². The third-order valence-corrected chi connectivity index (χ3v) is 4.66. The molecule has 0 saturated heterocycles. The molecule has 0 radical (unpaired) electrons. The molecule has 0 atom stereocenters. The molecule has 0 spiro atoms. The summed E-state index contributed by atoms with van der Waals surface area (Å²) < 4.78 is 24.8. The molecule has 0 heterocycles. The first kappa shape index (κ1) is 23.0. The van der Waals surface area contributed by atoms with Crippen molar-refractivity contribution in [2.75, 3.05) is 13.7 Å². The van der Waals surface area contributed by atoms with Gasteiger partial charge in [-0.15, -0.1) is 12.4 Å². The monoisotopic (exact) mass is 435 g/mol. The average Bonchev–Trinajstić information content (AvgIpc) is 2.72. The van der Waals surface area contributed by atoms with Crippen molar-refractivity contribution in [2.24, 2.45) is 0 Å². The number of hydrogen-bond acceptors (Lipinski definition) is 3. The zero-order valence-corrected chi connectivity index (χ0v) is 17.7.